The van der Waals surface area contributed by atoms with Gasteiger partial charge in [-0.15, -0.1) is 0 Å². The molecule has 0 radical (unpaired) electrons. The van der Waals surface area contributed by atoms with Gasteiger partial charge in [-0.05, 0) is 30.4 Å². The van der Waals surface area contributed by atoms with Gasteiger partial charge in [-0.2, -0.15) is 0 Å². The van der Waals surface area contributed by atoms with Crippen LogP contribution in [0.1, 0.15) is 18.5 Å². The Morgan fingerprint density at radius 1 is 1.44 bits per heavy atom. The Morgan fingerprint density at radius 3 is 2.83 bits per heavy atom. The Morgan fingerprint density at radius 2 is 2.22 bits per heavy atom. The molecule has 0 unspecified atom stereocenters. The number of aromatic nitrogens is 2. The third-order valence-electron chi connectivity index (χ3n) is 3.60. The van der Waals surface area contributed by atoms with Crippen molar-refractivity contribution in [3.8, 4) is 0 Å². The standard InChI is InChI=1S/C13H14N4O/c1-15-11-9-7-17-10(6-8(9)2-5-16-11)13(3-4-13)12(14)18/h2,5-7H,3-4H2,1H3,(H2,14,18)(H,15,16). The first kappa shape index (κ1) is 11.0. The minimum absolute atomic E-state index is 0.280. The predicted molar refractivity (Wildman–Crippen MR) is 69.2 cm³/mol. The molecule has 3 rings (SSSR count). The van der Waals surface area contributed by atoms with Crippen molar-refractivity contribution >= 4 is 22.5 Å². The van der Waals surface area contributed by atoms with Crippen LogP contribution in [-0.2, 0) is 10.2 Å². The molecule has 1 aliphatic carbocycles. The monoisotopic (exact) mass is 242 g/mol. The first-order chi connectivity index (χ1) is 8.67. The van der Waals surface area contributed by atoms with Gasteiger partial charge in [0.25, 0.3) is 0 Å². The van der Waals surface area contributed by atoms with Gasteiger partial charge < -0.3 is 11.1 Å². The molecular weight excluding hydrogens is 228 g/mol. The molecule has 5 heteroatoms. The van der Waals surface area contributed by atoms with Crippen LogP contribution in [-0.4, -0.2) is 22.9 Å². The minimum Gasteiger partial charge on any atom is -0.373 e. The van der Waals surface area contributed by atoms with Gasteiger partial charge in [0.2, 0.25) is 5.91 Å². The molecular formula is C13H14N4O. The number of nitrogens with one attached hydrogen (secondary N) is 1. The van der Waals surface area contributed by atoms with E-state index in [1.165, 1.54) is 0 Å². The van der Waals surface area contributed by atoms with Crippen molar-refractivity contribution in [2.24, 2.45) is 5.73 Å². The second-order valence-corrected chi connectivity index (χ2v) is 4.65. The molecule has 2 aromatic heterocycles. The topological polar surface area (TPSA) is 80.9 Å². The number of carbonyl (C=O) groups excluding carboxylic acids is 1. The van der Waals surface area contributed by atoms with Crippen LogP contribution in [0.15, 0.2) is 24.5 Å². The third kappa shape index (κ3) is 1.44. The summed E-state index contributed by atoms with van der Waals surface area (Å²) in [5.74, 6) is 0.507. The highest BCUT2D eigenvalue weighted by Gasteiger charge is 2.51. The predicted octanol–water partition coefficient (Wildman–Crippen LogP) is 1.19. The first-order valence-corrected chi connectivity index (χ1v) is 5.90. The molecule has 2 aromatic rings. The Kier molecular flexibility index (Phi) is 2.23. The van der Waals surface area contributed by atoms with E-state index in [0.29, 0.717) is 0 Å². The molecule has 2 heterocycles. The molecule has 0 aromatic carbocycles. The van der Waals surface area contributed by atoms with Crippen molar-refractivity contribution in [3.05, 3.63) is 30.2 Å². The third-order valence-corrected chi connectivity index (χ3v) is 3.60. The number of nitrogens with two attached hydrogens (primary N) is 1. The molecule has 1 aliphatic rings. The number of hydrogen-bond donors (Lipinski definition) is 2. The van der Waals surface area contributed by atoms with E-state index >= 15 is 0 Å². The summed E-state index contributed by atoms with van der Waals surface area (Å²) in [4.78, 5) is 20.1. The summed E-state index contributed by atoms with van der Waals surface area (Å²) in [5, 5.41) is 4.99. The Labute approximate surface area is 104 Å². The molecule has 1 saturated carbocycles. The highest BCUT2D eigenvalue weighted by molar-refractivity contribution is 5.94. The van der Waals surface area contributed by atoms with Gasteiger partial charge in [0, 0.05) is 24.8 Å². The molecule has 0 bridgehead atoms. The Hall–Kier alpha value is -2.17. The highest BCUT2D eigenvalue weighted by Crippen LogP contribution is 2.47. The molecule has 0 spiro atoms. The Bertz CT molecular complexity index is 634. The van der Waals surface area contributed by atoms with Crippen molar-refractivity contribution in [2.45, 2.75) is 18.3 Å². The SMILES string of the molecule is CNc1nccc2cc(C3(C(N)=O)CC3)ncc12. The Balaban J connectivity index is 2.16. The zero-order valence-corrected chi connectivity index (χ0v) is 10.1. The number of pyridine rings is 2. The number of carbonyl (C=O) groups is 1. The van der Waals surface area contributed by atoms with Crippen LogP contribution in [0.25, 0.3) is 10.8 Å². The molecule has 1 amide bonds. The molecule has 0 saturated heterocycles. The molecule has 3 N–H and O–H groups in total. The van der Waals surface area contributed by atoms with E-state index in [4.69, 9.17) is 5.73 Å². The van der Waals surface area contributed by atoms with E-state index < -0.39 is 5.41 Å². The van der Waals surface area contributed by atoms with Gasteiger partial charge in [0.05, 0.1) is 11.1 Å². The molecule has 18 heavy (non-hydrogen) atoms. The van der Waals surface area contributed by atoms with Crippen LogP contribution in [0.2, 0.25) is 0 Å². The number of anilines is 1. The van der Waals surface area contributed by atoms with Crippen molar-refractivity contribution in [2.75, 3.05) is 12.4 Å². The summed E-state index contributed by atoms with van der Waals surface area (Å²) in [6.45, 7) is 0. The van der Waals surface area contributed by atoms with Crippen LogP contribution in [0, 0.1) is 0 Å². The lowest BCUT2D eigenvalue weighted by Crippen LogP contribution is -2.29. The largest absolute Gasteiger partial charge is 0.373 e. The normalized spacial score (nSPS) is 16.5. The van der Waals surface area contributed by atoms with Gasteiger partial charge >= 0.3 is 0 Å². The lowest BCUT2D eigenvalue weighted by atomic mass is 9.99. The van der Waals surface area contributed by atoms with Gasteiger partial charge in [-0.1, -0.05) is 0 Å². The van der Waals surface area contributed by atoms with Crippen LogP contribution in [0.5, 0.6) is 0 Å². The van der Waals surface area contributed by atoms with Crippen molar-refractivity contribution in [1.29, 1.82) is 0 Å². The second kappa shape index (κ2) is 3.66. The summed E-state index contributed by atoms with van der Waals surface area (Å²) in [5.41, 5.74) is 5.70. The van der Waals surface area contributed by atoms with E-state index in [9.17, 15) is 4.79 Å². The average Bonchev–Trinajstić information content (AvgIpc) is 3.18. The zero-order valence-electron chi connectivity index (χ0n) is 10.1. The van der Waals surface area contributed by atoms with Crippen LogP contribution < -0.4 is 11.1 Å². The average molecular weight is 242 g/mol. The number of hydrogen-bond acceptors (Lipinski definition) is 4. The summed E-state index contributed by atoms with van der Waals surface area (Å²) >= 11 is 0. The summed E-state index contributed by atoms with van der Waals surface area (Å²) in [6, 6.07) is 3.86. The first-order valence-electron chi connectivity index (χ1n) is 5.90. The van der Waals surface area contributed by atoms with Crippen LogP contribution >= 0.6 is 0 Å². The van der Waals surface area contributed by atoms with E-state index in [1.807, 2.05) is 19.2 Å². The minimum atomic E-state index is -0.530. The lowest BCUT2D eigenvalue weighted by Gasteiger charge is -2.11. The zero-order chi connectivity index (χ0) is 12.8. The summed E-state index contributed by atoms with van der Waals surface area (Å²) in [7, 11) is 1.82. The van der Waals surface area contributed by atoms with Crippen molar-refractivity contribution in [3.63, 3.8) is 0 Å². The van der Waals surface area contributed by atoms with Crippen LogP contribution in [0.3, 0.4) is 0 Å². The smallest absolute Gasteiger partial charge is 0.229 e. The lowest BCUT2D eigenvalue weighted by molar-refractivity contribution is -0.120. The fraction of sp³-hybridized carbons (Fsp3) is 0.308. The van der Waals surface area contributed by atoms with E-state index in [2.05, 4.69) is 15.3 Å². The number of fused-ring (bicyclic) bond motifs is 1. The van der Waals surface area contributed by atoms with Crippen molar-refractivity contribution < 1.29 is 4.79 Å². The maximum atomic E-state index is 11.5. The quantitative estimate of drug-likeness (QED) is 0.847. The maximum Gasteiger partial charge on any atom is 0.229 e. The van der Waals surface area contributed by atoms with E-state index in [1.54, 1.807) is 12.4 Å². The fourth-order valence-electron chi connectivity index (χ4n) is 2.28. The van der Waals surface area contributed by atoms with Crippen LogP contribution in [0.4, 0.5) is 5.82 Å². The van der Waals surface area contributed by atoms with Gasteiger partial charge in [0.15, 0.2) is 0 Å². The number of nitrogens with zero attached hydrogens (tertiary/aromatic N) is 2. The maximum absolute atomic E-state index is 11.5. The van der Waals surface area contributed by atoms with Gasteiger partial charge in [0.1, 0.15) is 5.82 Å². The summed E-state index contributed by atoms with van der Waals surface area (Å²) < 4.78 is 0. The van der Waals surface area contributed by atoms with E-state index in [-0.39, 0.29) is 5.91 Å². The van der Waals surface area contributed by atoms with Crippen molar-refractivity contribution in [1.82, 2.24) is 9.97 Å². The molecule has 0 aliphatic heterocycles. The number of rotatable bonds is 3. The van der Waals surface area contributed by atoms with Gasteiger partial charge in [-0.3, -0.25) is 9.78 Å². The second-order valence-electron chi connectivity index (χ2n) is 4.65. The number of amides is 1. The number of primary amides is 1. The molecule has 0 atom stereocenters. The molecule has 92 valence electrons. The molecule has 5 nitrogen and oxygen atoms in total. The van der Waals surface area contributed by atoms with Gasteiger partial charge in [-0.25, -0.2) is 4.98 Å². The summed E-state index contributed by atoms with van der Waals surface area (Å²) in [6.07, 6.45) is 5.09. The molecule has 1 fully saturated rings. The fourth-order valence-corrected chi connectivity index (χ4v) is 2.28. The highest BCUT2D eigenvalue weighted by atomic mass is 16.1. The van der Waals surface area contributed by atoms with E-state index in [0.717, 1.165) is 35.1 Å².